The summed E-state index contributed by atoms with van der Waals surface area (Å²) in [6.07, 6.45) is 3.94. The summed E-state index contributed by atoms with van der Waals surface area (Å²) in [5, 5.41) is 2.23. The molecule has 0 saturated heterocycles. The van der Waals surface area contributed by atoms with Crippen LogP contribution < -0.4 is 4.40 Å². The Balaban J connectivity index is 1.79. The van der Waals surface area contributed by atoms with Crippen LogP contribution in [0.3, 0.4) is 0 Å². The van der Waals surface area contributed by atoms with E-state index in [0.717, 1.165) is 44.3 Å². The van der Waals surface area contributed by atoms with Gasteiger partial charge in [-0.3, -0.25) is 0 Å². The topological polar surface area (TPSA) is 24.8 Å². The summed E-state index contributed by atoms with van der Waals surface area (Å²) in [7, 11) is 0. The molecule has 0 spiro atoms. The van der Waals surface area contributed by atoms with Crippen LogP contribution in [0.1, 0.15) is 0 Å². The summed E-state index contributed by atoms with van der Waals surface area (Å²) < 4.78 is 31.7. The summed E-state index contributed by atoms with van der Waals surface area (Å²) in [4.78, 5) is 3.53. The molecule has 3 aromatic heterocycles. The van der Waals surface area contributed by atoms with Crippen molar-refractivity contribution in [2.24, 2.45) is 0 Å². The molecule has 6 aromatic rings. The molecule has 0 atom stereocenters. The van der Waals surface area contributed by atoms with Gasteiger partial charge < -0.3 is 4.98 Å². The van der Waals surface area contributed by atoms with E-state index in [0.29, 0.717) is 0 Å². The number of H-pyrrole nitrogens is 1. The third-order valence-electron chi connectivity index (χ3n) is 5.55. The van der Waals surface area contributed by atoms with Crippen LogP contribution in [0.2, 0.25) is 0 Å². The zero-order valence-corrected chi connectivity index (χ0v) is 15.8. The highest BCUT2D eigenvalue weighted by Crippen LogP contribution is 2.33. The number of aromatic amines is 1. The first-order valence-corrected chi connectivity index (χ1v) is 9.67. The predicted octanol–water partition coefficient (Wildman–Crippen LogP) is 5.80. The van der Waals surface area contributed by atoms with Gasteiger partial charge in [-0.25, -0.2) is 8.78 Å². The lowest BCUT2D eigenvalue weighted by atomic mass is 10.1. The van der Waals surface area contributed by atoms with Crippen molar-refractivity contribution in [3.05, 3.63) is 103 Å². The highest BCUT2D eigenvalue weighted by atomic mass is 19.1. The average Bonchev–Trinajstić information content (AvgIpc) is 3.33. The minimum atomic E-state index is -0.304. The summed E-state index contributed by atoms with van der Waals surface area (Å²) in [6, 6.07) is 23.1. The molecule has 0 radical (unpaired) electrons. The molecule has 0 bridgehead atoms. The molecular formula is C25H16F2N3+. The third-order valence-corrected chi connectivity index (χ3v) is 5.55. The molecule has 3 aromatic carbocycles. The maximum atomic E-state index is 14.2. The van der Waals surface area contributed by atoms with E-state index in [1.807, 2.05) is 45.8 Å². The monoisotopic (exact) mass is 396 g/mol. The van der Waals surface area contributed by atoms with Crippen LogP contribution in [-0.4, -0.2) is 9.55 Å². The van der Waals surface area contributed by atoms with Crippen molar-refractivity contribution in [1.82, 2.24) is 9.55 Å². The SMILES string of the molecule is Fc1ccc(-n2c[n+]3ccc4c5ccccc5[nH]c4c3c2-c2cccc(F)c2)cc1. The Morgan fingerprint density at radius 1 is 0.767 bits per heavy atom. The molecule has 3 nitrogen and oxygen atoms in total. The molecule has 0 aliphatic carbocycles. The standard InChI is InChI=1S/C25H16F2N3/c26-17-8-10-19(11-9-17)30-15-29-13-12-21-20-6-1-2-7-22(20)28-23(21)25(29)24(30)16-4-3-5-18(27)14-16/h1-15,28H/q+1. The van der Waals surface area contributed by atoms with Crippen LogP contribution in [0.5, 0.6) is 0 Å². The quantitative estimate of drug-likeness (QED) is 0.358. The van der Waals surface area contributed by atoms with Crippen LogP contribution in [-0.2, 0) is 0 Å². The lowest BCUT2D eigenvalue weighted by molar-refractivity contribution is -0.510. The van der Waals surface area contributed by atoms with Crippen molar-refractivity contribution in [1.29, 1.82) is 0 Å². The largest absolute Gasteiger partial charge is 0.351 e. The van der Waals surface area contributed by atoms with Crippen molar-refractivity contribution in [2.75, 3.05) is 0 Å². The minimum Gasteiger partial charge on any atom is -0.351 e. The number of fused-ring (bicyclic) bond motifs is 5. The smallest absolute Gasteiger partial charge is 0.254 e. The van der Waals surface area contributed by atoms with Gasteiger partial charge in [0.15, 0.2) is 5.69 Å². The number of aromatic nitrogens is 3. The van der Waals surface area contributed by atoms with Gasteiger partial charge in [0.05, 0.1) is 11.7 Å². The van der Waals surface area contributed by atoms with Gasteiger partial charge >= 0.3 is 0 Å². The van der Waals surface area contributed by atoms with E-state index < -0.39 is 0 Å². The van der Waals surface area contributed by atoms with E-state index in [2.05, 4.69) is 17.1 Å². The molecule has 0 unspecified atom stereocenters. The second kappa shape index (κ2) is 6.26. The van der Waals surface area contributed by atoms with E-state index in [9.17, 15) is 8.78 Å². The fraction of sp³-hybridized carbons (Fsp3) is 0. The predicted molar refractivity (Wildman–Crippen MR) is 114 cm³/mol. The number of nitrogens with zero attached hydrogens (tertiary/aromatic N) is 2. The Bertz CT molecular complexity index is 1560. The number of pyridine rings is 1. The number of imidazole rings is 1. The molecule has 0 amide bonds. The van der Waals surface area contributed by atoms with Crippen LogP contribution in [0.25, 0.3) is 44.3 Å². The van der Waals surface area contributed by atoms with Gasteiger partial charge in [-0.2, -0.15) is 8.97 Å². The number of hydrogen-bond acceptors (Lipinski definition) is 0. The molecule has 0 saturated carbocycles. The number of nitrogens with one attached hydrogen (secondary N) is 1. The number of rotatable bonds is 2. The average molecular weight is 396 g/mol. The summed E-state index contributed by atoms with van der Waals surface area (Å²) in [6.45, 7) is 0. The number of halogens is 2. The van der Waals surface area contributed by atoms with E-state index in [4.69, 9.17) is 0 Å². The second-order valence-electron chi connectivity index (χ2n) is 7.35. The van der Waals surface area contributed by atoms with Crippen LogP contribution in [0.15, 0.2) is 91.4 Å². The van der Waals surface area contributed by atoms with Crippen LogP contribution in [0.4, 0.5) is 8.78 Å². The number of hydrogen-bond donors (Lipinski definition) is 1. The van der Waals surface area contributed by atoms with Gasteiger partial charge in [-0.05, 0) is 48.5 Å². The Labute approximate surface area is 170 Å². The molecule has 5 heteroatoms. The van der Waals surface area contributed by atoms with E-state index in [-0.39, 0.29) is 11.6 Å². The second-order valence-corrected chi connectivity index (χ2v) is 7.35. The van der Waals surface area contributed by atoms with Gasteiger partial charge in [0.25, 0.3) is 6.33 Å². The molecule has 1 N–H and O–H groups in total. The summed E-state index contributed by atoms with van der Waals surface area (Å²) in [5.74, 6) is -0.602. The Morgan fingerprint density at radius 2 is 1.60 bits per heavy atom. The van der Waals surface area contributed by atoms with Crippen molar-refractivity contribution in [3.63, 3.8) is 0 Å². The molecule has 0 aliphatic rings. The summed E-state index contributed by atoms with van der Waals surface area (Å²) >= 11 is 0. The highest BCUT2D eigenvalue weighted by molar-refractivity contribution is 6.13. The maximum absolute atomic E-state index is 14.2. The Morgan fingerprint density at radius 3 is 2.43 bits per heavy atom. The zero-order valence-electron chi connectivity index (χ0n) is 15.8. The maximum Gasteiger partial charge on any atom is 0.254 e. The van der Waals surface area contributed by atoms with Crippen LogP contribution >= 0.6 is 0 Å². The van der Waals surface area contributed by atoms with Gasteiger partial charge in [-0.15, -0.1) is 0 Å². The first kappa shape index (κ1) is 16.9. The lowest BCUT2D eigenvalue weighted by Crippen LogP contribution is -2.17. The van der Waals surface area contributed by atoms with Crippen molar-refractivity contribution in [3.8, 4) is 16.9 Å². The Kier molecular flexibility index (Phi) is 3.53. The van der Waals surface area contributed by atoms with Crippen molar-refractivity contribution >= 4 is 27.3 Å². The first-order valence-electron chi connectivity index (χ1n) is 9.67. The van der Waals surface area contributed by atoms with Crippen LogP contribution in [0, 0.1) is 11.6 Å². The third kappa shape index (κ3) is 2.45. The fourth-order valence-corrected chi connectivity index (χ4v) is 4.22. The normalized spacial score (nSPS) is 11.7. The molecule has 144 valence electrons. The van der Waals surface area contributed by atoms with Crippen molar-refractivity contribution < 1.29 is 13.2 Å². The van der Waals surface area contributed by atoms with Crippen molar-refractivity contribution in [2.45, 2.75) is 0 Å². The number of para-hydroxylation sites is 1. The number of benzene rings is 3. The van der Waals surface area contributed by atoms with Gasteiger partial charge in [0.2, 0.25) is 5.52 Å². The Hall–Kier alpha value is -3.99. The van der Waals surface area contributed by atoms with Gasteiger partial charge in [-0.1, -0.05) is 30.3 Å². The fourth-order valence-electron chi connectivity index (χ4n) is 4.22. The van der Waals surface area contributed by atoms with Gasteiger partial charge in [0, 0.05) is 21.9 Å². The first-order chi connectivity index (χ1) is 14.7. The molecule has 30 heavy (non-hydrogen) atoms. The molecule has 6 rings (SSSR count). The zero-order chi connectivity index (χ0) is 20.2. The van der Waals surface area contributed by atoms with E-state index >= 15 is 0 Å². The lowest BCUT2D eigenvalue weighted by Gasteiger charge is -2.03. The van der Waals surface area contributed by atoms with E-state index in [1.54, 1.807) is 18.2 Å². The molecule has 0 aliphatic heterocycles. The molecular weight excluding hydrogens is 380 g/mol. The van der Waals surface area contributed by atoms with E-state index in [1.165, 1.54) is 24.3 Å². The molecule has 0 fully saturated rings. The highest BCUT2D eigenvalue weighted by Gasteiger charge is 2.25. The minimum absolute atomic E-state index is 0.298. The van der Waals surface area contributed by atoms with Gasteiger partial charge in [0.1, 0.15) is 17.3 Å². The molecule has 3 heterocycles. The summed E-state index contributed by atoms with van der Waals surface area (Å²) in [5.41, 5.74) is 5.31.